The summed E-state index contributed by atoms with van der Waals surface area (Å²) in [4.78, 5) is 14.9. The molecule has 0 atom stereocenters. The molecule has 1 N–H and O–H groups in total. The van der Waals surface area contributed by atoms with Crippen LogP contribution in [0.4, 0.5) is 15.8 Å². The van der Waals surface area contributed by atoms with Gasteiger partial charge in [-0.1, -0.05) is 30.3 Å². The molecule has 4 rings (SSSR count). The highest BCUT2D eigenvalue weighted by Crippen LogP contribution is 2.22. The highest BCUT2D eigenvalue weighted by atomic mass is 32.2. The van der Waals surface area contributed by atoms with E-state index >= 15 is 0 Å². The lowest BCUT2D eigenvalue weighted by Crippen LogP contribution is -2.36. The molecule has 0 aliphatic carbocycles. The summed E-state index contributed by atoms with van der Waals surface area (Å²) in [5.74, 6) is -0.746. The van der Waals surface area contributed by atoms with Crippen LogP contribution in [0.2, 0.25) is 0 Å². The molecule has 1 aliphatic rings. The molecular formula is C26H28FN3O4S. The Kier molecular flexibility index (Phi) is 7.67. The Bertz CT molecular complexity index is 1260. The van der Waals surface area contributed by atoms with Crippen LogP contribution in [0.3, 0.4) is 0 Å². The summed E-state index contributed by atoms with van der Waals surface area (Å²) < 4.78 is 45.3. The van der Waals surface area contributed by atoms with Gasteiger partial charge in [0.25, 0.3) is 5.91 Å². The van der Waals surface area contributed by atoms with Gasteiger partial charge in [0.1, 0.15) is 5.82 Å². The molecule has 3 aromatic rings. The van der Waals surface area contributed by atoms with Gasteiger partial charge in [0.05, 0.1) is 31.7 Å². The monoisotopic (exact) mass is 497 g/mol. The van der Waals surface area contributed by atoms with Gasteiger partial charge in [-0.25, -0.2) is 12.8 Å². The van der Waals surface area contributed by atoms with Crippen LogP contribution in [0, 0.1) is 5.82 Å². The molecule has 0 bridgehead atoms. The zero-order chi connectivity index (χ0) is 24.8. The van der Waals surface area contributed by atoms with E-state index in [-0.39, 0.29) is 18.0 Å². The van der Waals surface area contributed by atoms with Crippen LogP contribution in [0.1, 0.15) is 21.5 Å². The molecule has 184 valence electrons. The minimum atomic E-state index is -3.67. The van der Waals surface area contributed by atoms with Crippen molar-refractivity contribution < 1.29 is 22.3 Å². The number of sulfonamides is 1. The van der Waals surface area contributed by atoms with E-state index in [4.69, 9.17) is 4.74 Å². The molecule has 1 aliphatic heterocycles. The normalized spacial score (nSPS) is 13.9. The van der Waals surface area contributed by atoms with E-state index in [0.717, 1.165) is 48.1 Å². The smallest absolute Gasteiger partial charge is 0.251 e. The largest absolute Gasteiger partial charge is 0.378 e. The Morgan fingerprint density at radius 3 is 2.29 bits per heavy atom. The fraction of sp³-hybridized carbons (Fsp3) is 0.269. The first-order valence-electron chi connectivity index (χ1n) is 11.3. The predicted molar refractivity (Wildman–Crippen MR) is 135 cm³/mol. The number of hydrogen-bond donors (Lipinski definition) is 1. The number of carbonyl (C=O) groups excluding carboxylic acids is 1. The molecule has 0 saturated carbocycles. The summed E-state index contributed by atoms with van der Waals surface area (Å²) in [6, 6.07) is 20.3. The summed E-state index contributed by atoms with van der Waals surface area (Å²) in [7, 11) is -3.67. The highest BCUT2D eigenvalue weighted by Gasteiger charge is 2.20. The van der Waals surface area contributed by atoms with Crippen molar-refractivity contribution in [3.63, 3.8) is 0 Å². The van der Waals surface area contributed by atoms with Gasteiger partial charge in [-0.15, -0.1) is 0 Å². The van der Waals surface area contributed by atoms with Gasteiger partial charge in [-0.2, -0.15) is 0 Å². The van der Waals surface area contributed by atoms with Crippen molar-refractivity contribution in [1.82, 2.24) is 5.32 Å². The van der Waals surface area contributed by atoms with Crippen LogP contribution in [0.25, 0.3) is 0 Å². The number of amides is 1. The Balaban J connectivity index is 1.39. The Labute approximate surface area is 205 Å². The average Bonchev–Trinajstić information content (AvgIpc) is 2.87. The van der Waals surface area contributed by atoms with E-state index in [0.29, 0.717) is 17.8 Å². The van der Waals surface area contributed by atoms with Crippen LogP contribution in [0.5, 0.6) is 0 Å². The second-order valence-corrected chi connectivity index (χ2v) is 10.3. The van der Waals surface area contributed by atoms with Crippen molar-refractivity contribution in [3.8, 4) is 0 Å². The van der Waals surface area contributed by atoms with Crippen LogP contribution >= 0.6 is 0 Å². The number of carbonyl (C=O) groups is 1. The molecule has 0 radical (unpaired) electrons. The van der Waals surface area contributed by atoms with Gasteiger partial charge >= 0.3 is 0 Å². The maximum atomic E-state index is 14.1. The van der Waals surface area contributed by atoms with Gasteiger partial charge < -0.3 is 15.0 Å². The summed E-state index contributed by atoms with van der Waals surface area (Å²) >= 11 is 0. The number of rotatable bonds is 8. The lowest BCUT2D eigenvalue weighted by atomic mass is 10.1. The second kappa shape index (κ2) is 10.9. The van der Waals surface area contributed by atoms with Gasteiger partial charge in [-0.3, -0.25) is 9.10 Å². The van der Waals surface area contributed by atoms with E-state index in [1.54, 1.807) is 42.5 Å². The lowest BCUT2D eigenvalue weighted by Gasteiger charge is -2.28. The van der Waals surface area contributed by atoms with Crippen molar-refractivity contribution in [2.45, 2.75) is 13.1 Å². The molecule has 0 spiro atoms. The number of anilines is 2. The lowest BCUT2D eigenvalue weighted by molar-refractivity contribution is 0.0951. The molecule has 1 amide bonds. The molecule has 9 heteroatoms. The minimum absolute atomic E-state index is 0.141. The zero-order valence-electron chi connectivity index (χ0n) is 19.5. The third-order valence-electron chi connectivity index (χ3n) is 5.86. The summed E-state index contributed by atoms with van der Waals surface area (Å²) in [6.07, 6.45) is 1.07. The van der Waals surface area contributed by atoms with Crippen molar-refractivity contribution in [2.75, 3.05) is 41.8 Å². The minimum Gasteiger partial charge on any atom is -0.378 e. The molecule has 7 nitrogen and oxygen atoms in total. The maximum Gasteiger partial charge on any atom is 0.251 e. The number of morpholine rings is 1. The highest BCUT2D eigenvalue weighted by molar-refractivity contribution is 7.92. The quantitative estimate of drug-likeness (QED) is 0.515. The Morgan fingerprint density at radius 2 is 1.66 bits per heavy atom. The number of ether oxygens (including phenoxy) is 1. The van der Waals surface area contributed by atoms with Crippen LogP contribution < -0.4 is 14.5 Å². The number of hydrogen-bond acceptors (Lipinski definition) is 5. The topological polar surface area (TPSA) is 79.0 Å². The number of halogens is 1. The van der Waals surface area contributed by atoms with Gasteiger partial charge in [0.15, 0.2) is 0 Å². The molecule has 1 fully saturated rings. The molecule has 3 aromatic carbocycles. The summed E-state index contributed by atoms with van der Waals surface area (Å²) in [6.45, 7) is 3.40. The number of nitrogens with one attached hydrogen (secondary N) is 1. The van der Waals surface area contributed by atoms with Gasteiger partial charge in [0, 0.05) is 36.4 Å². The molecule has 35 heavy (non-hydrogen) atoms. The summed E-state index contributed by atoms with van der Waals surface area (Å²) in [5, 5.41) is 2.89. The summed E-state index contributed by atoms with van der Waals surface area (Å²) in [5.41, 5.74) is 3.12. The first-order chi connectivity index (χ1) is 16.8. The van der Waals surface area contributed by atoms with Crippen LogP contribution in [-0.2, 0) is 27.8 Å². The van der Waals surface area contributed by atoms with Crippen LogP contribution in [0.15, 0.2) is 72.8 Å². The van der Waals surface area contributed by atoms with E-state index in [1.165, 1.54) is 6.07 Å². The third-order valence-corrected chi connectivity index (χ3v) is 7.00. The first kappa shape index (κ1) is 24.7. The van der Waals surface area contributed by atoms with E-state index in [9.17, 15) is 17.6 Å². The predicted octanol–water partition coefficient (Wildman–Crippen LogP) is 3.56. The first-order valence-corrected chi connectivity index (χ1v) is 13.2. The third kappa shape index (κ3) is 6.37. The molecule has 1 saturated heterocycles. The molecular weight excluding hydrogens is 469 g/mol. The maximum absolute atomic E-state index is 14.1. The molecule has 1 heterocycles. The zero-order valence-corrected chi connectivity index (χ0v) is 20.3. The Morgan fingerprint density at radius 1 is 1.00 bits per heavy atom. The SMILES string of the molecule is CS(=O)(=O)N(Cc1ccccc1F)c1ccc(C(=O)NCc2ccc(N3CCOCC3)cc2)cc1. The molecule has 0 unspecified atom stereocenters. The van der Waals surface area contributed by atoms with Crippen molar-refractivity contribution >= 4 is 27.3 Å². The average molecular weight is 498 g/mol. The Hall–Kier alpha value is -3.43. The van der Waals surface area contributed by atoms with Crippen molar-refractivity contribution in [3.05, 3.63) is 95.3 Å². The standard InChI is InChI=1S/C26H28FN3O4S/c1-35(32,33)30(19-22-4-2-3-5-25(22)27)24-12-8-21(9-13-24)26(31)28-18-20-6-10-23(11-7-20)29-14-16-34-17-15-29/h2-13H,14-19H2,1H3,(H,28,31). The second-order valence-electron chi connectivity index (χ2n) is 8.36. The fourth-order valence-corrected chi connectivity index (χ4v) is 4.77. The van der Waals surface area contributed by atoms with Crippen molar-refractivity contribution in [1.29, 1.82) is 0 Å². The van der Waals surface area contributed by atoms with Gasteiger partial charge in [-0.05, 0) is 48.0 Å². The van der Waals surface area contributed by atoms with Crippen molar-refractivity contribution in [2.24, 2.45) is 0 Å². The van der Waals surface area contributed by atoms with Gasteiger partial charge in [0.2, 0.25) is 10.0 Å². The van der Waals surface area contributed by atoms with E-state index in [2.05, 4.69) is 10.2 Å². The van der Waals surface area contributed by atoms with Crippen LogP contribution in [-0.4, -0.2) is 46.9 Å². The number of nitrogens with zero attached hydrogens (tertiary/aromatic N) is 2. The molecule has 0 aromatic heterocycles. The van der Waals surface area contributed by atoms with E-state index in [1.807, 2.05) is 24.3 Å². The van der Waals surface area contributed by atoms with E-state index < -0.39 is 15.8 Å². The fourth-order valence-electron chi connectivity index (χ4n) is 3.89. The number of benzene rings is 3.